The Labute approximate surface area is 132 Å². The van der Waals surface area contributed by atoms with Gasteiger partial charge in [-0.3, -0.25) is 4.79 Å². The quantitative estimate of drug-likeness (QED) is 0.778. The summed E-state index contributed by atoms with van der Waals surface area (Å²) >= 11 is 6.07. The van der Waals surface area contributed by atoms with Gasteiger partial charge in [-0.2, -0.15) is 10.2 Å². The molecule has 22 heavy (non-hydrogen) atoms. The predicted molar refractivity (Wildman–Crippen MR) is 86.1 cm³/mol. The van der Waals surface area contributed by atoms with Gasteiger partial charge in [-0.25, -0.2) is 0 Å². The van der Waals surface area contributed by atoms with E-state index in [0.717, 1.165) is 23.0 Å². The van der Waals surface area contributed by atoms with Crippen molar-refractivity contribution < 1.29 is 4.79 Å². The van der Waals surface area contributed by atoms with Gasteiger partial charge in [-0.05, 0) is 43.2 Å². The normalized spacial score (nSPS) is 10.8. The van der Waals surface area contributed by atoms with E-state index in [9.17, 15) is 4.79 Å². The van der Waals surface area contributed by atoms with Gasteiger partial charge in [0.1, 0.15) is 0 Å². The molecule has 0 aliphatic carbocycles. The number of hydrogen-bond acceptors (Lipinski definition) is 3. The van der Waals surface area contributed by atoms with E-state index in [2.05, 4.69) is 20.5 Å². The van der Waals surface area contributed by atoms with Crippen molar-refractivity contribution in [3.05, 3.63) is 58.5 Å². The van der Waals surface area contributed by atoms with Crippen molar-refractivity contribution in [2.45, 2.75) is 13.3 Å². The van der Waals surface area contributed by atoms with Crippen molar-refractivity contribution in [1.82, 2.24) is 20.5 Å². The van der Waals surface area contributed by atoms with E-state index in [-0.39, 0.29) is 5.91 Å². The average molecular weight is 315 g/mol. The maximum atomic E-state index is 12.0. The summed E-state index contributed by atoms with van der Waals surface area (Å²) in [4.78, 5) is 15.3. The van der Waals surface area contributed by atoms with E-state index < -0.39 is 0 Å². The molecule has 0 unspecified atom stereocenters. The van der Waals surface area contributed by atoms with Crippen LogP contribution in [0.4, 0.5) is 0 Å². The van der Waals surface area contributed by atoms with E-state index in [1.165, 1.54) is 18.0 Å². The Hall–Kier alpha value is -2.40. The number of carbonyl (C=O) groups is 1. The number of nitrogens with one attached hydrogen (secondary N) is 2. The minimum absolute atomic E-state index is 0.148. The predicted octanol–water partition coefficient (Wildman–Crippen LogP) is 2.89. The van der Waals surface area contributed by atoms with Gasteiger partial charge in [0, 0.05) is 28.2 Å². The molecule has 1 amide bonds. The number of amides is 1. The first-order valence-corrected chi connectivity index (χ1v) is 7.34. The lowest BCUT2D eigenvalue weighted by molar-refractivity contribution is 0.0953. The fraction of sp³-hybridized carbons (Fsp3) is 0.188. The number of aromatic amines is 1. The van der Waals surface area contributed by atoms with Crippen molar-refractivity contribution in [3.63, 3.8) is 0 Å². The molecule has 2 heterocycles. The van der Waals surface area contributed by atoms with Gasteiger partial charge in [-0.1, -0.05) is 11.6 Å². The second-order valence-electron chi connectivity index (χ2n) is 5.06. The van der Waals surface area contributed by atoms with Crippen molar-refractivity contribution in [2.75, 3.05) is 6.54 Å². The zero-order chi connectivity index (χ0) is 15.5. The molecule has 6 heteroatoms. The van der Waals surface area contributed by atoms with E-state index in [0.29, 0.717) is 17.1 Å². The highest BCUT2D eigenvalue weighted by molar-refractivity contribution is 6.31. The number of H-pyrrole nitrogens is 1. The molecular weight excluding hydrogens is 300 g/mol. The lowest BCUT2D eigenvalue weighted by Crippen LogP contribution is -2.25. The molecule has 0 radical (unpaired) electrons. The number of carbonyl (C=O) groups excluding carboxylic acids is 1. The Bertz CT molecular complexity index is 814. The van der Waals surface area contributed by atoms with Crippen LogP contribution in [0.5, 0.6) is 0 Å². The molecule has 2 aromatic heterocycles. The SMILES string of the molecule is Cc1[nH]c2ccc(Cl)cc2c1CCNC(=O)c1ccnnc1. The fourth-order valence-electron chi connectivity index (χ4n) is 2.50. The summed E-state index contributed by atoms with van der Waals surface area (Å²) in [5, 5.41) is 12.1. The monoisotopic (exact) mass is 314 g/mol. The average Bonchev–Trinajstić information content (AvgIpc) is 2.83. The summed E-state index contributed by atoms with van der Waals surface area (Å²) in [6.45, 7) is 2.57. The molecule has 0 aliphatic heterocycles. The van der Waals surface area contributed by atoms with Crippen LogP contribution < -0.4 is 5.32 Å². The Morgan fingerprint density at radius 2 is 2.18 bits per heavy atom. The molecule has 0 saturated carbocycles. The molecule has 112 valence electrons. The molecule has 0 saturated heterocycles. The Morgan fingerprint density at radius 3 is 2.95 bits per heavy atom. The third-order valence-electron chi connectivity index (χ3n) is 3.59. The van der Waals surface area contributed by atoms with Crippen LogP contribution in [0.3, 0.4) is 0 Å². The Kier molecular flexibility index (Phi) is 4.06. The first kappa shape index (κ1) is 14.5. The summed E-state index contributed by atoms with van der Waals surface area (Å²) < 4.78 is 0. The topological polar surface area (TPSA) is 70.7 Å². The number of aryl methyl sites for hydroxylation is 1. The van der Waals surface area contributed by atoms with Crippen molar-refractivity contribution in [2.24, 2.45) is 0 Å². The molecule has 0 spiro atoms. The number of fused-ring (bicyclic) bond motifs is 1. The van der Waals surface area contributed by atoms with Crippen molar-refractivity contribution in [3.8, 4) is 0 Å². The summed E-state index contributed by atoms with van der Waals surface area (Å²) in [6, 6.07) is 7.42. The smallest absolute Gasteiger partial charge is 0.252 e. The van der Waals surface area contributed by atoms with E-state index >= 15 is 0 Å². The lowest BCUT2D eigenvalue weighted by Gasteiger charge is -2.05. The van der Waals surface area contributed by atoms with E-state index in [1.54, 1.807) is 6.07 Å². The van der Waals surface area contributed by atoms with Crippen LogP contribution >= 0.6 is 11.6 Å². The standard InChI is InChI=1S/C16H15ClN4O/c1-10-13(14-8-12(17)2-3-15(14)21-10)5-6-18-16(22)11-4-7-19-20-9-11/h2-4,7-9,21H,5-6H2,1H3,(H,18,22). The van der Waals surface area contributed by atoms with Gasteiger partial charge in [0.25, 0.3) is 5.91 Å². The molecular formula is C16H15ClN4O. The Morgan fingerprint density at radius 1 is 1.32 bits per heavy atom. The van der Waals surface area contributed by atoms with Crippen LogP contribution in [0.1, 0.15) is 21.6 Å². The number of aromatic nitrogens is 3. The molecule has 3 aromatic rings. The minimum atomic E-state index is -0.148. The van der Waals surface area contributed by atoms with Crippen LogP contribution in [0.2, 0.25) is 5.02 Å². The minimum Gasteiger partial charge on any atom is -0.358 e. The molecule has 2 N–H and O–H groups in total. The molecule has 1 aromatic carbocycles. The maximum absolute atomic E-state index is 12.0. The van der Waals surface area contributed by atoms with Gasteiger partial charge < -0.3 is 10.3 Å². The maximum Gasteiger partial charge on any atom is 0.252 e. The molecule has 3 rings (SSSR count). The third kappa shape index (κ3) is 2.94. The highest BCUT2D eigenvalue weighted by Gasteiger charge is 2.10. The highest BCUT2D eigenvalue weighted by atomic mass is 35.5. The van der Waals surface area contributed by atoms with Gasteiger partial charge in [0.15, 0.2) is 0 Å². The third-order valence-corrected chi connectivity index (χ3v) is 3.82. The fourth-order valence-corrected chi connectivity index (χ4v) is 2.68. The van der Waals surface area contributed by atoms with Crippen LogP contribution in [0.15, 0.2) is 36.7 Å². The van der Waals surface area contributed by atoms with Crippen molar-refractivity contribution in [1.29, 1.82) is 0 Å². The zero-order valence-corrected chi connectivity index (χ0v) is 12.8. The second kappa shape index (κ2) is 6.15. The number of rotatable bonds is 4. The van der Waals surface area contributed by atoms with E-state index in [1.807, 2.05) is 25.1 Å². The van der Waals surface area contributed by atoms with Gasteiger partial charge in [0.2, 0.25) is 0 Å². The van der Waals surface area contributed by atoms with Gasteiger partial charge >= 0.3 is 0 Å². The number of halogens is 1. The summed E-state index contributed by atoms with van der Waals surface area (Å²) in [5.74, 6) is -0.148. The van der Waals surface area contributed by atoms with Crippen molar-refractivity contribution >= 4 is 28.4 Å². The summed E-state index contributed by atoms with van der Waals surface area (Å²) in [5.41, 5.74) is 3.83. The van der Waals surface area contributed by atoms with Crippen LogP contribution in [0.25, 0.3) is 10.9 Å². The van der Waals surface area contributed by atoms with Crippen LogP contribution in [-0.4, -0.2) is 27.6 Å². The highest BCUT2D eigenvalue weighted by Crippen LogP contribution is 2.25. The molecule has 0 aliphatic rings. The largest absolute Gasteiger partial charge is 0.358 e. The molecule has 0 bridgehead atoms. The molecule has 5 nitrogen and oxygen atoms in total. The number of hydrogen-bond donors (Lipinski definition) is 2. The zero-order valence-electron chi connectivity index (χ0n) is 12.1. The van der Waals surface area contributed by atoms with Crippen LogP contribution in [-0.2, 0) is 6.42 Å². The Balaban J connectivity index is 1.71. The van der Waals surface area contributed by atoms with Crippen LogP contribution in [0, 0.1) is 6.92 Å². The van der Waals surface area contributed by atoms with Gasteiger partial charge in [0.05, 0.1) is 18.0 Å². The van der Waals surface area contributed by atoms with E-state index in [4.69, 9.17) is 11.6 Å². The molecule has 0 atom stereocenters. The first-order valence-electron chi connectivity index (χ1n) is 6.97. The number of benzene rings is 1. The second-order valence-corrected chi connectivity index (χ2v) is 5.49. The van der Waals surface area contributed by atoms with Gasteiger partial charge in [-0.15, -0.1) is 0 Å². The summed E-state index contributed by atoms with van der Waals surface area (Å²) in [7, 11) is 0. The molecule has 0 fully saturated rings. The first-order chi connectivity index (χ1) is 10.6. The summed E-state index contributed by atoms with van der Waals surface area (Å²) in [6.07, 6.45) is 3.68. The number of nitrogens with zero attached hydrogens (tertiary/aromatic N) is 2. The lowest BCUT2D eigenvalue weighted by atomic mass is 10.1.